The lowest BCUT2D eigenvalue weighted by Crippen LogP contribution is -2.35. The number of fused-ring (bicyclic) bond motifs is 1. The van der Waals surface area contributed by atoms with Crippen LogP contribution < -0.4 is 0 Å². The molecule has 1 aromatic carbocycles. The van der Waals surface area contributed by atoms with Gasteiger partial charge >= 0.3 is 0 Å². The van der Waals surface area contributed by atoms with Gasteiger partial charge in [-0.25, -0.2) is 4.39 Å². The Morgan fingerprint density at radius 1 is 1.50 bits per heavy atom. The molecule has 1 saturated carbocycles. The Morgan fingerprint density at radius 3 is 2.91 bits per heavy atom. The van der Waals surface area contributed by atoms with Crippen molar-refractivity contribution in [2.45, 2.75) is 25.5 Å². The fourth-order valence-electron chi connectivity index (χ4n) is 2.70. The summed E-state index contributed by atoms with van der Waals surface area (Å²) in [4.78, 5) is 15.1. The Kier molecular flexibility index (Phi) is 4.42. The predicted molar refractivity (Wildman–Crippen MR) is 83.6 cm³/mol. The van der Waals surface area contributed by atoms with Gasteiger partial charge in [0.25, 0.3) is 5.91 Å². The van der Waals surface area contributed by atoms with Crippen LogP contribution in [-0.2, 0) is 11.3 Å². The number of rotatable bonds is 6. The molecule has 1 fully saturated rings. The van der Waals surface area contributed by atoms with E-state index in [-0.39, 0.29) is 31.0 Å². The van der Waals surface area contributed by atoms with Crippen molar-refractivity contribution in [1.82, 2.24) is 4.90 Å². The first kappa shape index (κ1) is 15.4. The minimum atomic E-state index is -0.333. The molecule has 0 spiro atoms. The van der Waals surface area contributed by atoms with Gasteiger partial charge in [-0.15, -0.1) is 11.3 Å². The second-order valence-corrected chi connectivity index (χ2v) is 6.46. The van der Waals surface area contributed by atoms with Gasteiger partial charge in [0.05, 0.1) is 18.1 Å². The topological polar surface area (TPSA) is 49.8 Å². The van der Waals surface area contributed by atoms with Gasteiger partial charge < -0.3 is 14.7 Å². The molecule has 118 valence electrons. The van der Waals surface area contributed by atoms with Gasteiger partial charge in [-0.1, -0.05) is 6.07 Å². The van der Waals surface area contributed by atoms with Crippen molar-refractivity contribution in [2.75, 3.05) is 20.3 Å². The summed E-state index contributed by atoms with van der Waals surface area (Å²) in [7, 11) is 1.53. The number of aliphatic hydroxyl groups excluding tert-OH is 1. The van der Waals surface area contributed by atoms with Crippen LogP contribution in [0.4, 0.5) is 4.39 Å². The molecule has 0 radical (unpaired) electrons. The summed E-state index contributed by atoms with van der Waals surface area (Å²) in [6, 6.07) is 5.05. The summed E-state index contributed by atoms with van der Waals surface area (Å²) in [6.45, 7) is 0.438. The van der Waals surface area contributed by atoms with Gasteiger partial charge in [-0.05, 0) is 25.0 Å². The lowest BCUT2D eigenvalue weighted by atomic mass is 10.1. The molecule has 1 heterocycles. The van der Waals surface area contributed by atoms with Crippen LogP contribution >= 0.6 is 11.3 Å². The van der Waals surface area contributed by atoms with Crippen molar-refractivity contribution in [3.8, 4) is 0 Å². The first-order valence-corrected chi connectivity index (χ1v) is 8.09. The number of methoxy groups -OCH3 is 1. The van der Waals surface area contributed by atoms with E-state index < -0.39 is 0 Å². The van der Waals surface area contributed by atoms with Gasteiger partial charge in [0.2, 0.25) is 0 Å². The molecule has 0 atom stereocenters. The molecule has 1 amide bonds. The Morgan fingerprint density at radius 2 is 2.27 bits per heavy atom. The maximum absolute atomic E-state index is 14.2. The predicted octanol–water partition coefficient (Wildman–Crippen LogP) is 2.78. The molecule has 0 bridgehead atoms. The summed E-state index contributed by atoms with van der Waals surface area (Å²) >= 11 is 1.29. The van der Waals surface area contributed by atoms with Gasteiger partial charge in [0, 0.05) is 35.3 Å². The lowest BCUT2D eigenvalue weighted by molar-refractivity contribution is 0.0708. The van der Waals surface area contributed by atoms with Crippen molar-refractivity contribution < 1.29 is 19.0 Å². The number of ether oxygens (including phenoxy) is 1. The average molecular weight is 323 g/mol. The highest BCUT2D eigenvalue weighted by Crippen LogP contribution is 2.36. The largest absolute Gasteiger partial charge is 0.395 e. The quantitative estimate of drug-likeness (QED) is 0.889. The van der Waals surface area contributed by atoms with Crippen LogP contribution in [0, 0.1) is 5.82 Å². The number of benzene rings is 1. The molecule has 1 N–H and O–H groups in total. The zero-order valence-corrected chi connectivity index (χ0v) is 13.2. The van der Waals surface area contributed by atoms with Crippen LogP contribution in [-0.4, -0.2) is 42.2 Å². The van der Waals surface area contributed by atoms with E-state index >= 15 is 0 Å². The molecule has 1 aliphatic rings. The number of carbonyl (C=O) groups excluding carboxylic acids is 1. The standard InChI is InChI=1S/C16H18FNO3S/c1-21-9-11-14-12(17)3-2-4-13(14)22-15(11)16(20)18(7-8-19)10-5-6-10/h2-4,10,19H,5-9H2,1H3. The van der Waals surface area contributed by atoms with E-state index in [1.54, 1.807) is 11.0 Å². The van der Waals surface area contributed by atoms with E-state index in [0.717, 1.165) is 17.5 Å². The molecule has 1 aliphatic carbocycles. The van der Waals surface area contributed by atoms with Crippen LogP contribution in [0.5, 0.6) is 0 Å². The van der Waals surface area contributed by atoms with E-state index in [1.807, 2.05) is 6.07 Å². The first-order chi connectivity index (χ1) is 10.7. The third-order valence-corrected chi connectivity index (χ3v) is 5.02. The normalized spacial score (nSPS) is 14.5. The van der Waals surface area contributed by atoms with Crippen LogP contribution in [0.25, 0.3) is 10.1 Å². The van der Waals surface area contributed by atoms with Crippen molar-refractivity contribution in [3.05, 3.63) is 34.5 Å². The van der Waals surface area contributed by atoms with E-state index in [0.29, 0.717) is 22.4 Å². The Bertz CT molecular complexity index is 696. The van der Waals surface area contributed by atoms with E-state index in [4.69, 9.17) is 4.74 Å². The third-order valence-electron chi connectivity index (χ3n) is 3.84. The molecule has 2 aromatic rings. The zero-order chi connectivity index (χ0) is 15.7. The monoisotopic (exact) mass is 323 g/mol. The Labute approximate surface area is 132 Å². The smallest absolute Gasteiger partial charge is 0.264 e. The minimum absolute atomic E-state index is 0.0683. The van der Waals surface area contributed by atoms with Crippen molar-refractivity contribution in [3.63, 3.8) is 0 Å². The maximum Gasteiger partial charge on any atom is 0.264 e. The number of thiophene rings is 1. The van der Waals surface area contributed by atoms with Crippen molar-refractivity contribution >= 4 is 27.3 Å². The maximum atomic E-state index is 14.2. The molecule has 0 saturated heterocycles. The van der Waals surface area contributed by atoms with Crippen LogP contribution in [0.1, 0.15) is 28.1 Å². The molecular weight excluding hydrogens is 305 g/mol. The highest BCUT2D eigenvalue weighted by molar-refractivity contribution is 7.21. The number of nitrogens with zero attached hydrogens (tertiary/aromatic N) is 1. The van der Waals surface area contributed by atoms with Crippen LogP contribution in [0.3, 0.4) is 0 Å². The Hall–Kier alpha value is -1.50. The Balaban J connectivity index is 2.06. The SMILES string of the molecule is COCc1c(C(=O)N(CCO)C2CC2)sc2cccc(F)c12. The van der Waals surface area contributed by atoms with Crippen LogP contribution in [0.2, 0.25) is 0 Å². The second kappa shape index (κ2) is 6.32. The third kappa shape index (κ3) is 2.74. The number of aliphatic hydroxyl groups is 1. The van der Waals surface area contributed by atoms with Gasteiger partial charge in [0.1, 0.15) is 5.82 Å². The molecule has 6 heteroatoms. The summed E-state index contributed by atoms with van der Waals surface area (Å²) in [5.41, 5.74) is 0.606. The molecule has 3 rings (SSSR count). The summed E-state index contributed by atoms with van der Waals surface area (Å²) in [5, 5.41) is 9.66. The molecular formula is C16H18FNO3S. The molecule has 4 nitrogen and oxygen atoms in total. The van der Waals surface area contributed by atoms with E-state index in [9.17, 15) is 14.3 Å². The molecule has 0 aliphatic heterocycles. The highest BCUT2D eigenvalue weighted by atomic mass is 32.1. The number of hydrogen-bond donors (Lipinski definition) is 1. The number of hydrogen-bond acceptors (Lipinski definition) is 4. The van der Waals surface area contributed by atoms with Gasteiger partial charge in [-0.3, -0.25) is 4.79 Å². The molecule has 22 heavy (non-hydrogen) atoms. The zero-order valence-electron chi connectivity index (χ0n) is 12.3. The van der Waals surface area contributed by atoms with E-state index in [1.165, 1.54) is 24.5 Å². The highest BCUT2D eigenvalue weighted by Gasteiger charge is 2.34. The van der Waals surface area contributed by atoms with Gasteiger partial charge in [0.15, 0.2) is 0 Å². The average Bonchev–Trinajstić information content (AvgIpc) is 3.27. The fraction of sp³-hybridized carbons (Fsp3) is 0.438. The summed E-state index contributed by atoms with van der Waals surface area (Å²) in [6.07, 6.45) is 1.93. The second-order valence-electron chi connectivity index (χ2n) is 5.41. The van der Waals surface area contributed by atoms with Crippen molar-refractivity contribution in [1.29, 1.82) is 0 Å². The number of amides is 1. The number of halogens is 1. The molecule has 0 unspecified atom stereocenters. The van der Waals surface area contributed by atoms with Crippen LogP contribution in [0.15, 0.2) is 18.2 Å². The first-order valence-electron chi connectivity index (χ1n) is 7.28. The number of carbonyl (C=O) groups is 1. The summed E-state index contributed by atoms with van der Waals surface area (Å²) < 4.78 is 20.1. The molecule has 1 aromatic heterocycles. The van der Waals surface area contributed by atoms with E-state index in [2.05, 4.69) is 0 Å². The fourth-order valence-corrected chi connectivity index (χ4v) is 3.87. The van der Waals surface area contributed by atoms with Crippen molar-refractivity contribution in [2.24, 2.45) is 0 Å². The lowest BCUT2D eigenvalue weighted by Gasteiger charge is -2.21. The van der Waals surface area contributed by atoms with Gasteiger partial charge in [-0.2, -0.15) is 0 Å². The summed E-state index contributed by atoms with van der Waals surface area (Å²) in [5.74, 6) is -0.468. The minimum Gasteiger partial charge on any atom is -0.395 e.